The Morgan fingerprint density at radius 1 is 1.26 bits per heavy atom. The number of benzene rings is 1. The van der Waals surface area contributed by atoms with Gasteiger partial charge in [0, 0.05) is 6.42 Å². The molecule has 1 aromatic rings. The van der Waals surface area contributed by atoms with Gasteiger partial charge >= 0.3 is 0 Å². The fourth-order valence-corrected chi connectivity index (χ4v) is 1.59. The lowest BCUT2D eigenvalue weighted by molar-refractivity contribution is -0.121. The minimum Gasteiger partial charge on any atom is -0.494 e. The number of amides is 1. The van der Waals surface area contributed by atoms with Gasteiger partial charge in [-0.3, -0.25) is 4.79 Å². The third-order valence-corrected chi connectivity index (χ3v) is 2.60. The van der Waals surface area contributed by atoms with Gasteiger partial charge in [0.1, 0.15) is 5.75 Å². The number of nitrogens with one attached hydrogen (secondary N) is 1. The number of ether oxygens (including phenoxy) is 1. The van der Waals surface area contributed by atoms with E-state index < -0.39 is 0 Å². The van der Waals surface area contributed by atoms with Gasteiger partial charge in [0.2, 0.25) is 5.91 Å². The SMILES string of the molecule is CCCCCC(=O)N/N=C/c1ccc(OCC)cc1. The van der Waals surface area contributed by atoms with Crippen LogP contribution in [0.25, 0.3) is 0 Å². The Morgan fingerprint density at radius 2 is 2.00 bits per heavy atom. The molecule has 0 saturated heterocycles. The van der Waals surface area contributed by atoms with Gasteiger partial charge in [0.25, 0.3) is 0 Å². The smallest absolute Gasteiger partial charge is 0.240 e. The Kier molecular flexibility index (Phi) is 7.32. The first kappa shape index (κ1) is 15.2. The molecular formula is C15H22N2O2. The lowest BCUT2D eigenvalue weighted by atomic mass is 10.2. The van der Waals surface area contributed by atoms with Crippen LogP contribution >= 0.6 is 0 Å². The Labute approximate surface area is 114 Å². The second-order valence-corrected chi connectivity index (χ2v) is 4.25. The zero-order chi connectivity index (χ0) is 13.9. The maximum Gasteiger partial charge on any atom is 0.240 e. The Morgan fingerprint density at radius 3 is 2.63 bits per heavy atom. The predicted molar refractivity (Wildman–Crippen MR) is 77.5 cm³/mol. The predicted octanol–water partition coefficient (Wildman–Crippen LogP) is 3.12. The van der Waals surface area contributed by atoms with Crippen LogP contribution < -0.4 is 10.2 Å². The first-order chi connectivity index (χ1) is 9.26. The molecular weight excluding hydrogens is 240 g/mol. The van der Waals surface area contributed by atoms with Crippen molar-refractivity contribution in [1.29, 1.82) is 0 Å². The van der Waals surface area contributed by atoms with Gasteiger partial charge < -0.3 is 4.74 Å². The van der Waals surface area contributed by atoms with Crippen molar-refractivity contribution in [1.82, 2.24) is 5.43 Å². The maximum absolute atomic E-state index is 11.4. The maximum atomic E-state index is 11.4. The Hall–Kier alpha value is -1.84. The molecule has 104 valence electrons. The van der Waals surface area contributed by atoms with Crippen molar-refractivity contribution in [3.05, 3.63) is 29.8 Å². The number of hydrogen-bond acceptors (Lipinski definition) is 3. The van der Waals surface area contributed by atoms with Gasteiger partial charge in [-0.1, -0.05) is 19.8 Å². The molecule has 0 heterocycles. The topological polar surface area (TPSA) is 50.7 Å². The Bertz CT molecular complexity index is 399. The molecule has 4 nitrogen and oxygen atoms in total. The van der Waals surface area contributed by atoms with Gasteiger partial charge in [-0.15, -0.1) is 0 Å². The molecule has 0 spiro atoms. The molecule has 1 rings (SSSR count). The minimum absolute atomic E-state index is 0.0318. The van der Waals surface area contributed by atoms with Gasteiger partial charge in [-0.05, 0) is 43.2 Å². The molecule has 0 fully saturated rings. The number of carbonyl (C=O) groups is 1. The molecule has 0 radical (unpaired) electrons. The number of nitrogens with zero attached hydrogens (tertiary/aromatic N) is 1. The highest BCUT2D eigenvalue weighted by Crippen LogP contribution is 2.10. The molecule has 0 saturated carbocycles. The Balaban J connectivity index is 2.33. The molecule has 1 amide bonds. The van der Waals surface area contributed by atoms with Gasteiger partial charge in [0.15, 0.2) is 0 Å². The summed E-state index contributed by atoms with van der Waals surface area (Å²) < 4.78 is 5.34. The van der Waals surface area contributed by atoms with Crippen LogP contribution in [0.3, 0.4) is 0 Å². The summed E-state index contributed by atoms with van der Waals surface area (Å²) in [6.45, 7) is 4.71. The standard InChI is InChI=1S/C15H22N2O2/c1-3-5-6-7-15(18)17-16-12-13-8-10-14(11-9-13)19-4-2/h8-12H,3-7H2,1-2H3,(H,17,18)/b16-12+. The summed E-state index contributed by atoms with van der Waals surface area (Å²) in [4.78, 5) is 11.4. The van der Waals surface area contributed by atoms with E-state index in [1.54, 1.807) is 6.21 Å². The van der Waals surface area contributed by atoms with Crippen LogP contribution in [-0.2, 0) is 4.79 Å². The third kappa shape index (κ3) is 6.60. The average Bonchev–Trinajstić information content (AvgIpc) is 2.41. The number of rotatable bonds is 8. The van der Waals surface area contributed by atoms with E-state index in [0.717, 1.165) is 30.6 Å². The summed E-state index contributed by atoms with van der Waals surface area (Å²) in [5, 5.41) is 3.93. The van der Waals surface area contributed by atoms with Gasteiger partial charge in [-0.2, -0.15) is 5.10 Å². The summed E-state index contributed by atoms with van der Waals surface area (Å²) in [6, 6.07) is 7.57. The molecule has 0 bridgehead atoms. The van der Waals surface area contributed by atoms with Gasteiger partial charge in [-0.25, -0.2) is 5.43 Å². The van der Waals surface area contributed by atoms with E-state index in [9.17, 15) is 4.79 Å². The number of unbranched alkanes of at least 4 members (excludes halogenated alkanes) is 2. The molecule has 4 heteroatoms. The quantitative estimate of drug-likeness (QED) is 0.444. The van der Waals surface area contributed by atoms with E-state index in [1.807, 2.05) is 31.2 Å². The second-order valence-electron chi connectivity index (χ2n) is 4.25. The second kappa shape index (κ2) is 9.14. The zero-order valence-corrected chi connectivity index (χ0v) is 11.7. The first-order valence-electron chi connectivity index (χ1n) is 6.81. The monoisotopic (exact) mass is 262 g/mol. The van der Waals surface area contributed by atoms with Crippen molar-refractivity contribution in [3.8, 4) is 5.75 Å². The highest BCUT2D eigenvalue weighted by molar-refractivity contribution is 5.82. The molecule has 0 aromatic heterocycles. The number of hydrazone groups is 1. The lowest BCUT2D eigenvalue weighted by Gasteiger charge is -2.02. The summed E-state index contributed by atoms with van der Waals surface area (Å²) in [7, 11) is 0. The average molecular weight is 262 g/mol. The van der Waals surface area contributed by atoms with E-state index in [0.29, 0.717) is 13.0 Å². The van der Waals surface area contributed by atoms with E-state index in [2.05, 4.69) is 17.5 Å². The number of hydrogen-bond donors (Lipinski definition) is 1. The van der Waals surface area contributed by atoms with Crippen LogP contribution in [-0.4, -0.2) is 18.7 Å². The van der Waals surface area contributed by atoms with Crippen molar-refractivity contribution >= 4 is 12.1 Å². The fourth-order valence-electron chi connectivity index (χ4n) is 1.59. The van der Waals surface area contributed by atoms with Crippen LogP contribution in [0.2, 0.25) is 0 Å². The van der Waals surface area contributed by atoms with E-state index >= 15 is 0 Å². The largest absolute Gasteiger partial charge is 0.494 e. The molecule has 0 aliphatic carbocycles. The summed E-state index contributed by atoms with van der Waals surface area (Å²) in [6.07, 6.45) is 5.28. The molecule has 1 aromatic carbocycles. The summed E-state index contributed by atoms with van der Waals surface area (Å²) in [5.74, 6) is 0.805. The zero-order valence-electron chi connectivity index (χ0n) is 11.7. The normalized spacial score (nSPS) is 10.6. The van der Waals surface area contributed by atoms with E-state index in [-0.39, 0.29) is 5.91 Å². The van der Waals surface area contributed by atoms with Crippen LogP contribution in [0, 0.1) is 0 Å². The van der Waals surface area contributed by atoms with Crippen molar-refractivity contribution in [2.24, 2.45) is 5.10 Å². The van der Waals surface area contributed by atoms with Crippen molar-refractivity contribution in [2.45, 2.75) is 39.5 Å². The van der Waals surface area contributed by atoms with Crippen molar-refractivity contribution in [3.63, 3.8) is 0 Å². The fraction of sp³-hybridized carbons (Fsp3) is 0.467. The molecule has 1 N–H and O–H groups in total. The first-order valence-corrected chi connectivity index (χ1v) is 6.81. The van der Waals surface area contributed by atoms with Gasteiger partial charge in [0.05, 0.1) is 12.8 Å². The van der Waals surface area contributed by atoms with E-state index in [4.69, 9.17) is 4.74 Å². The summed E-state index contributed by atoms with van der Waals surface area (Å²) >= 11 is 0. The highest BCUT2D eigenvalue weighted by Gasteiger charge is 1.98. The third-order valence-electron chi connectivity index (χ3n) is 2.60. The molecule has 0 unspecified atom stereocenters. The van der Waals surface area contributed by atoms with Crippen LogP contribution in [0.1, 0.15) is 45.1 Å². The molecule has 0 aliphatic rings. The minimum atomic E-state index is -0.0318. The summed E-state index contributed by atoms with van der Waals surface area (Å²) in [5.41, 5.74) is 3.46. The van der Waals surface area contributed by atoms with E-state index in [1.165, 1.54) is 0 Å². The molecule has 0 atom stereocenters. The molecule has 19 heavy (non-hydrogen) atoms. The van der Waals surface area contributed by atoms with Crippen LogP contribution in [0.5, 0.6) is 5.75 Å². The number of carbonyl (C=O) groups excluding carboxylic acids is 1. The van der Waals surface area contributed by atoms with Crippen LogP contribution in [0.4, 0.5) is 0 Å². The van der Waals surface area contributed by atoms with Crippen LogP contribution in [0.15, 0.2) is 29.4 Å². The lowest BCUT2D eigenvalue weighted by Crippen LogP contribution is -2.16. The highest BCUT2D eigenvalue weighted by atomic mass is 16.5. The molecule has 0 aliphatic heterocycles. The van der Waals surface area contributed by atoms with Crippen molar-refractivity contribution in [2.75, 3.05) is 6.61 Å². The van der Waals surface area contributed by atoms with Crippen molar-refractivity contribution < 1.29 is 9.53 Å².